The minimum absolute atomic E-state index is 0.127. The van der Waals surface area contributed by atoms with Gasteiger partial charge in [0.2, 0.25) is 11.8 Å². The maximum absolute atomic E-state index is 12.9. The van der Waals surface area contributed by atoms with Gasteiger partial charge in [-0.1, -0.05) is 12.1 Å². The van der Waals surface area contributed by atoms with Crippen LogP contribution in [0.25, 0.3) is 0 Å². The van der Waals surface area contributed by atoms with Crippen LogP contribution in [0, 0.1) is 27.4 Å². The fourth-order valence-corrected chi connectivity index (χ4v) is 2.73. The maximum Gasteiger partial charge on any atom is 0.328 e. The van der Waals surface area contributed by atoms with Gasteiger partial charge < -0.3 is 21.3 Å². The second kappa shape index (κ2) is 9.13. The molecule has 3 rings (SSSR count). The number of nitro benzene ring substituents is 1. The summed E-state index contributed by atoms with van der Waals surface area (Å²) in [7, 11) is 0. The summed E-state index contributed by atoms with van der Waals surface area (Å²) in [6, 6.07) is 12.0. The zero-order valence-electron chi connectivity index (χ0n) is 16.0. The van der Waals surface area contributed by atoms with Crippen LogP contribution in [0.1, 0.15) is 5.56 Å². The first-order chi connectivity index (χ1) is 15.3. The lowest BCUT2D eigenvalue weighted by molar-refractivity contribution is -0.384. The molecule has 5 N–H and O–H groups in total. The third-order valence-electron chi connectivity index (χ3n) is 4.25. The Labute approximate surface area is 179 Å². The van der Waals surface area contributed by atoms with Gasteiger partial charge in [-0.25, -0.2) is 4.79 Å². The van der Waals surface area contributed by atoms with Crippen molar-refractivity contribution in [3.05, 3.63) is 75.8 Å². The van der Waals surface area contributed by atoms with E-state index in [2.05, 4.69) is 16.2 Å². The Morgan fingerprint density at radius 2 is 1.66 bits per heavy atom. The Kier molecular flexibility index (Phi) is 6.16. The molecule has 13 heteroatoms. The van der Waals surface area contributed by atoms with Crippen molar-refractivity contribution in [1.29, 1.82) is 5.26 Å². The second-order valence-electron chi connectivity index (χ2n) is 6.32. The zero-order valence-corrected chi connectivity index (χ0v) is 16.0. The van der Waals surface area contributed by atoms with Crippen LogP contribution in [0.2, 0.25) is 0 Å². The molecule has 0 bridgehead atoms. The largest absolute Gasteiger partial charge is 0.859 e. The number of nitriles is 1. The molecule has 1 aliphatic heterocycles. The van der Waals surface area contributed by atoms with Crippen LogP contribution in [-0.4, -0.2) is 22.8 Å². The summed E-state index contributed by atoms with van der Waals surface area (Å²) in [6.07, 6.45) is 0. The van der Waals surface area contributed by atoms with E-state index in [1.807, 2.05) is 16.7 Å². The number of anilines is 2. The normalized spacial score (nSPS) is 14.4. The Morgan fingerprint density at radius 1 is 1.03 bits per heavy atom. The first-order valence-corrected chi connectivity index (χ1v) is 8.89. The number of carbonyl (C=O) groups is 3. The molecule has 0 aromatic heterocycles. The van der Waals surface area contributed by atoms with Gasteiger partial charge in [-0.15, -0.1) is 0 Å². The maximum atomic E-state index is 12.9. The van der Waals surface area contributed by atoms with Crippen molar-refractivity contribution >= 4 is 34.9 Å². The summed E-state index contributed by atoms with van der Waals surface area (Å²) in [4.78, 5) is 46.1. The molecule has 1 fully saturated rings. The molecule has 1 saturated heterocycles. The lowest BCUT2D eigenvalue weighted by atomic mass is 10.0. The summed E-state index contributed by atoms with van der Waals surface area (Å²) in [5, 5.41) is 39.1. The van der Waals surface area contributed by atoms with E-state index in [4.69, 9.17) is 0 Å². The topological polar surface area (TPSA) is 201 Å². The van der Waals surface area contributed by atoms with Crippen LogP contribution in [0.15, 0.2) is 60.1 Å². The number of benzene rings is 2. The highest BCUT2D eigenvalue weighted by Gasteiger charge is 2.37. The van der Waals surface area contributed by atoms with E-state index < -0.39 is 40.3 Å². The molecule has 1 aliphatic rings. The average molecular weight is 436 g/mol. The van der Waals surface area contributed by atoms with Gasteiger partial charge >= 0.3 is 6.03 Å². The van der Waals surface area contributed by atoms with E-state index in [9.17, 15) is 34.9 Å². The molecular weight excluding hydrogens is 422 g/mol. The zero-order chi connectivity index (χ0) is 23.3. The molecule has 4 amide bonds. The SMILES string of the molecule is N#Cc1ccccc1NC([O-])=C(NNc1ccc([N+](=O)[O-])cc1)C1C(=O)NC(=O)NC1=O. The average Bonchev–Trinajstić information content (AvgIpc) is 2.76. The Morgan fingerprint density at radius 3 is 2.25 bits per heavy atom. The number of non-ortho nitro benzene ring substituents is 1. The molecule has 1 heterocycles. The van der Waals surface area contributed by atoms with Gasteiger partial charge in [0, 0.05) is 12.1 Å². The highest BCUT2D eigenvalue weighted by molar-refractivity contribution is 6.17. The van der Waals surface area contributed by atoms with Crippen LogP contribution in [0.5, 0.6) is 0 Å². The highest BCUT2D eigenvalue weighted by atomic mass is 16.6. The number of nitrogens with one attached hydrogen (secondary N) is 5. The van der Waals surface area contributed by atoms with Crippen LogP contribution >= 0.6 is 0 Å². The standard InChI is InChI=1S/C19H15N7O6/c20-9-10-3-1-2-4-13(10)21-18(29)15(14-16(27)22-19(30)23-17(14)28)25-24-11-5-7-12(8-6-11)26(31)32/h1-8,14,21,24-25,29H,(H2,22,23,27,28,30)/p-1. The molecule has 2 aromatic carbocycles. The third kappa shape index (κ3) is 4.71. The monoisotopic (exact) mass is 436 g/mol. The Bertz CT molecular complexity index is 1150. The van der Waals surface area contributed by atoms with Crippen LogP contribution in [0.3, 0.4) is 0 Å². The van der Waals surface area contributed by atoms with Crippen molar-refractivity contribution < 1.29 is 24.4 Å². The van der Waals surface area contributed by atoms with E-state index in [0.717, 1.165) is 0 Å². The number of amides is 4. The summed E-state index contributed by atoms with van der Waals surface area (Å²) >= 11 is 0. The van der Waals surface area contributed by atoms with Gasteiger partial charge in [0.25, 0.3) is 5.69 Å². The molecule has 0 spiro atoms. The van der Waals surface area contributed by atoms with Crippen LogP contribution in [0.4, 0.5) is 21.9 Å². The Hall–Kier alpha value is -5.12. The van der Waals surface area contributed by atoms with Crippen molar-refractivity contribution in [2.75, 3.05) is 10.7 Å². The molecule has 162 valence electrons. The minimum Gasteiger partial charge on any atom is -0.859 e. The van der Waals surface area contributed by atoms with Gasteiger partial charge in [0.15, 0.2) is 5.92 Å². The van der Waals surface area contributed by atoms with E-state index in [0.29, 0.717) is 0 Å². The highest BCUT2D eigenvalue weighted by Crippen LogP contribution is 2.20. The van der Waals surface area contributed by atoms with Gasteiger partial charge in [0.1, 0.15) is 6.07 Å². The van der Waals surface area contributed by atoms with Crippen LogP contribution < -0.4 is 31.9 Å². The molecule has 32 heavy (non-hydrogen) atoms. The van der Waals surface area contributed by atoms with Crippen molar-refractivity contribution in [2.24, 2.45) is 5.92 Å². The molecule has 0 aliphatic carbocycles. The van der Waals surface area contributed by atoms with Crippen molar-refractivity contribution in [2.45, 2.75) is 0 Å². The number of barbiturate groups is 1. The lowest BCUT2D eigenvalue weighted by Gasteiger charge is -2.29. The summed E-state index contributed by atoms with van der Waals surface area (Å²) in [5.41, 5.74) is 4.91. The fourth-order valence-electron chi connectivity index (χ4n) is 2.73. The van der Waals surface area contributed by atoms with Crippen molar-refractivity contribution in [3.63, 3.8) is 0 Å². The molecule has 0 saturated carbocycles. The first kappa shape index (κ1) is 21.6. The molecule has 0 radical (unpaired) electrons. The van der Waals surface area contributed by atoms with Gasteiger partial charge in [0.05, 0.1) is 27.6 Å². The summed E-state index contributed by atoms with van der Waals surface area (Å²) in [6.45, 7) is 0. The number of rotatable bonds is 7. The van der Waals surface area contributed by atoms with E-state index in [1.165, 1.54) is 36.4 Å². The number of carbonyl (C=O) groups excluding carboxylic acids is 3. The molecule has 0 unspecified atom stereocenters. The number of urea groups is 1. The van der Waals surface area contributed by atoms with Crippen LogP contribution in [-0.2, 0) is 9.59 Å². The number of nitro groups is 1. The summed E-state index contributed by atoms with van der Waals surface area (Å²) in [5.74, 6) is -4.76. The van der Waals surface area contributed by atoms with E-state index >= 15 is 0 Å². The predicted molar refractivity (Wildman–Crippen MR) is 107 cm³/mol. The number of nitrogens with zero attached hydrogens (tertiary/aromatic N) is 2. The summed E-state index contributed by atoms with van der Waals surface area (Å²) < 4.78 is 0. The van der Waals surface area contributed by atoms with E-state index in [1.54, 1.807) is 12.1 Å². The number of para-hydroxylation sites is 1. The molecule has 13 nitrogen and oxygen atoms in total. The second-order valence-corrected chi connectivity index (χ2v) is 6.32. The number of hydrogen-bond acceptors (Lipinski definition) is 10. The predicted octanol–water partition coefficient (Wildman–Crippen LogP) is 0.00668. The molecule has 0 atom stereocenters. The van der Waals surface area contributed by atoms with Crippen molar-refractivity contribution in [1.82, 2.24) is 16.1 Å². The first-order valence-electron chi connectivity index (χ1n) is 8.89. The quantitative estimate of drug-likeness (QED) is 0.170. The number of hydrogen-bond donors (Lipinski definition) is 5. The number of hydrazine groups is 1. The number of imide groups is 2. The smallest absolute Gasteiger partial charge is 0.328 e. The molecule has 2 aromatic rings. The van der Waals surface area contributed by atoms with Gasteiger partial charge in [-0.2, -0.15) is 5.26 Å². The Balaban J connectivity index is 1.93. The van der Waals surface area contributed by atoms with E-state index in [-0.39, 0.29) is 22.6 Å². The van der Waals surface area contributed by atoms with Gasteiger partial charge in [-0.05, 0) is 30.1 Å². The minimum atomic E-state index is -1.73. The lowest BCUT2D eigenvalue weighted by Crippen LogP contribution is -2.58. The molecular formula is C19H14N7O6-. The third-order valence-corrected chi connectivity index (χ3v) is 4.25. The van der Waals surface area contributed by atoms with Crippen molar-refractivity contribution in [3.8, 4) is 6.07 Å². The fraction of sp³-hybridized carbons (Fsp3) is 0.0526. The van der Waals surface area contributed by atoms with Gasteiger partial charge in [-0.3, -0.25) is 30.3 Å².